The van der Waals surface area contributed by atoms with Crippen molar-refractivity contribution in [2.75, 3.05) is 23.9 Å². The van der Waals surface area contributed by atoms with Crippen LogP contribution in [0, 0.1) is 6.92 Å². The molecule has 4 aromatic rings. The van der Waals surface area contributed by atoms with Gasteiger partial charge in [-0.25, -0.2) is 14.8 Å². The Labute approximate surface area is 189 Å². The average molecular weight is 447 g/mol. The van der Waals surface area contributed by atoms with E-state index in [0.29, 0.717) is 16.1 Å². The van der Waals surface area contributed by atoms with E-state index in [9.17, 15) is 9.59 Å². The van der Waals surface area contributed by atoms with Crippen LogP contribution in [0.5, 0.6) is 0 Å². The number of aryl methyl sites for hydroxylation is 1. The maximum absolute atomic E-state index is 13.2. The molecule has 1 amide bonds. The minimum absolute atomic E-state index is 0.257. The quantitative estimate of drug-likeness (QED) is 0.410. The molecule has 8 heteroatoms. The van der Waals surface area contributed by atoms with E-state index >= 15 is 0 Å². The maximum Gasteiger partial charge on any atom is 0.340 e. The summed E-state index contributed by atoms with van der Waals surface area (Å²) < 4.78 is 5.10. The Balaban J connectivity index is 1.70. The molecule has 2 aromatic heterocycles. The zero-order valence-electron chi connectivity index (χ0n) is 18.0. The van der Waals surface area contributed by atoms with Crippen LogP contribution in [0.3, 0.4) is 0 Å². The van der Waals surface area contributed by atoms with E-state index < -0.39 is 5.97 Å². The van der Waals surface area contributed by atoms with Crippen molar-refractivity contribution in [3.63, 3.8) is 0 Å². The van der Waals surface area contributed by atoms with Crippen molar-refractivity contribution >= 4 is 50.6 Å². The van der Waals surface area contributed by atoms with Crippen LogP contribution in [0.25, 0.3) is 10.2 Å². The van der Waals surface area contributed by atoms with Crippen LogP contribution in [0.1, 0.15) is 32.5 Å². The molecule has 0 bridgehead atoms. The molecule has 1 N–H and O–H groups in total. The molecular weight excluding hydrogens is 424 g/mol. The number of rotatable bonds is 6. The van der Waals surface area contributed by atoms with Crippen molar-refractivity contribution in [3.05, 3.63) is 76.9 Å². The molecule has 2 aromatic carbocycles. The number of amides is 1. The lowest BCUT2D eigenvalue weighted by Crippen LogP contribution is -2.16. The van der Waals surface area contributed by atoms with E-state index in [1.165, 1.54) is 17.7 Å². The summed E-state index contributed by atoms with van der Waals surface area (Å²) >= 11 is 1.30. The number of para-hydroxylation sites is 2. The summed E-state index contributed by atoms with van der Waals surface area (Å²) in [6.45, 7) is 3.88. The molecule has 0 aliphatic heterocycles. The van der Waals surface area contributed by atoms with Gasteiger partial charge in [0.15, 0.2) is 0 Å². The van der Waals surface area contributed by atoms with Gasteiger partial charge in [-0.05, 0) is 43.7 Å². The third kappa shape index (κ3) is 4.04. The maximum atomic E-state index is 13.2. The van der Waals surface area contributed by atoms with Gasteiger partial charge in [-0.1, -0.05) is 30.3 Å². The molecule has 32 heavy (non-hydrogen) atoms. The third-order valence-corrected chi connectivity index (χ3v) is 6.24. The summed E-state index contributed by atoms with van der Waals surface area (Å²) in [7, 11) is 1.93. The number of thiophene rings is 1. The van der Waals surface area contributed by atoms with Crippen molar-refractivity contribution in [3.8, 4) is 0 Å². The molecule has 2 heterocycles. The van der Waals surface area contributed by atoms with Gasteiger partial charge >= 0.3 is 5.97 Å². The van der Waals surface area contributed by atoms with Crippen molar-refractivity contribution < 1.29 is 14.3 Å². The SMILES string of the molecule is CCOC(=O)c1ccccc1NC(=O)c1sc2ncnc(N(C)c3ccccc3)c2c1C. The summed E-state index contributed by atoms with van der Waals surface area (Å²) in [6, 6.07) is 16.7. The van der Waals surface area contributed by atoms with Gasteiger partial charge in [-0.3, -0.25) is 4.79 Å². The van der Waals surface area contributed by atoms with Crippen LogP contribution in [-0.4, -0.2) is 35.5 Å². The van der Waals surface area contributed by atoms with Crippen LogP contribution in [0.15, 0.2) is 60.9 Å². The minimum atomic E-state index is -0.478. The summed E-state index contributed by atoms with van der Waals surface area (Å²) in [6.07, 6.45) is 1.50. The summed E-state index contributed by atoms with van der Waals surface area (Å²) in [4.78, 5) is 37.5. The van der Waals surface area contributed by atoms with Gasteiger partial charge in [-0.2, -0.15) is 0 Å². The fourth-order valence-electron chi connectivity index (χ4n) is 3.46. The van der Waals surface area contributed by atoms with E-state index in [0.717, 1.165) is 27.3 Å². The Morgan fingerprint density at radius 2 is 1.78 bits per heavy atom. The predicted molar refractivity (Wildman–Crippen MR) is 127 cm³/mol. The van der Waals surface area contributed by atoms with Gasteiger partial charge in [-0.15, -0.1) is 11.3 Å². The van der Waals surface area contributed by atoms with Crippen molar-refractivity contribution in [1.82, 2.24) is 9.97 Å². The van der Waals surface area contributed by atoms with Crippen LogP contribution in [0.2, 0.25) is 0 Å². The third-order valence-electron chi connectivity index (χ3n) is 5.04. The number of anilines is 3. The first-order valence-electron chi connectivity index (χ1n) is 10.1. The van der Waals surface area contributed by atoms with Gasteiger partial charge in [0.2, 0.25) is 0 Å². The Kier molecular flexibility index (Phi) is 6.13. The molecule has 0 spiro atoms. The second-order valence-electron chi connectivity index (χ2n) is 7.05. The highest BCUT2D eigenvalue weighted by molar-refractivity contribution is 7.20. The number of aromatic nitrogens is 2. The number of carbonyl (C=O) groups is 2. The summed E-state index contributed by atoms with van der Waals surface area (Å²) in [5.41, 5.74) is 2.48. The number of nitrogens with zero attached hydrogens (tertiary/aromatic N) is 3. The van der Waals surface area contributed by atoms with Gasteiger partial charge < -0.3 is 15.0 Å². The molecule has 4 rings (SSSR count). The predicted octanol–water partition coefficient (Wildman–Crippen LogP) is 5.20. The van der Waals surface area contributed by atoms with Crippen molar-refractivity contribution in [2.45, 2.75) is 13.8 Å². The molecule has 0 saturated carbocycles. The fraction of sp³-hybridized carbons (Fsp3) is 0.167. The smallest absolute Gasteiger partial charge is 0.340 e. The first-order chi connectivity index (χ1) is 15.5. The Bertz CT molecular complexity index is 1290. The first kappa shape index (κ1) is 21.5. The van der Waals surface area contributed by atoms with Crippen molar-refractivity contribution in [2.24, 2.45) is 0 Å². The van der Waals surface area contributed by atoms with E-state index in [4.69, 9.17) is 4.74 Å². The molecule has 0 aliphatic rings. The minimum Gasteiger partial charge on any atom is -0.462 e. The number of benzene rings is 2. The van der Waals surface area contributed by atoms with Crippen LogP contribution >= 0.6 is 11.3 Å². The highest BCUT2D eigenvalue weighted by Gasteiger charge is 2.22. The lowest BCUT2D eigenvalue weighted by atomic mass is 10.1. The monoisotopic (exact) mass is 446 g/mol. The second-order valence-corrected chi connectivity index (χ2v) is 8.05. The Morgan fingerprint density at radius 1 is 1.06 bits per heavy atom. The fourth-order valence-corrected chi connectivity index (χ4v) is 4.49. The number of esters is 1. The highest BCUT2D eigenvalue weighted by atomic mass is 32.1. The van der Waals surface area contributed by atoms with Gasteiger partial charge in [0.05, 0.1) is 28.1 Å². The topological polar surface area (TPSA) is 84.4 Å². The number of nitrogens with one attached hydrogen (secondary N) is 1. The lowest BCUT2D eigenvalue weighted by Gasteiger charge is -2.19. The number of carbonyl (C=O) groups excluding carboxylic acids is 2. The average Bonchev–Trinajstić information content (AvgIpc) is 3.16. The van der Waals surface area contributed by atoms with Crippen LogP contribution < -0.4 is 10.2 Å². The van der Waals surface area contributed by atoms with Gasteiger partial charge in [0.25, 0.3) is 5.91 Å². The molecule has 0 atom stereocenters. The largest absolute Gasteiger partial charge is 0.462 e. The zero-order chi connectivity index (χ0) is 22.7. The van der Waals surface area contributed by atoms with E-state index in [-0.39, 0.29) is 12.5 Å². The van der Waals surface area contributed by atoms with E-state index in [1.807, 2.05) is 49.2 Å². The summed E-state index contributed by atoms with van der Waals surface area (Å²) in [5.74, 6) is -0.0643. The van der Waals surface area contributed by atoms with E-state index in [2.05, 4.69) is 15.3 Å². The zero-order valence-corrected chi connectivity index (χ0v) is 18.8. The first-order valence-corrected chi connectivity index (χ1v) is 10.9. The second kappa shape index (κ2) is 9.15. The number of ether oxygens (including phenoxy) is 1. The number of hydrogen-bond donors (Lipinski definition) is 1. The summed E-state index contributed by atoms with van der Waals surface area (Å²) in [5, 5.41) is 3.68. The molecule has 0 fully saturated rings. The van der Waals surface area contributed by atoms with Crippen molar-refractivity contribution in [1.29, 1.82) is 0 Å². The molecule has 162 valence electrons. The molecule has 0 radical (unpaired) electrons. The lowest BCUT2D eigenvalue weighted by molar-refractivity contribution is 0.0527. The molecule has 0 saturated heterocycles. The number of hydrogen-bond acceptors (Lipinski definition) is 7. The molecule has 7 nitrogen and oxygen atoms in total. The molecule has 0 aliphatic carbocycles. The molecule has 0 unspecified atom stereocenters. The number of fused-ring (bicyclic) bond motifs is 1. The standard InChI is InChI=1S/C24H22N4O3S/c1-4-31-24(30)17-12-8-9-13-18(17)27-22(29)20-15(2)19-21(25-14-26-23(19)32-20)28(3)16-10-6-5-7-11-16/h5-14H,4H2,1-3H3,(H,27,29). The molecular formula is C24H22N4O3S. The van der Waals surface area contributed by atoms with Gasteiger partial charge in [0.1, 0.15) is 17.0 Å². The van der Waals surface area contributed by atoms with Crippen LogP contribution in [0.4, 0.5) is 17.2 Å². The van der Waals surface area contributed by atoms with Crippen LogP contribution in [-0.2, 0) is 4.74 Å². The normalized spacial score (nSPS) is 10.7. The van der Waals surface area contributed by atoms with E-state index in [1.54, 1.807) is 31.2 Å². The van der Waals surface area contributed by atoms with Gasteiger partial charge in [0, 0.05) is 12.7 Å². The highest BCUT2D eigenvalue weighted by Crippen LogP contribution is 2.37. The Morgan fingerprint density at radius 3 is 2.53 bits per heavy atom. The Hall–Kier alpha value is -3.78.